The van der Waals surface area contributed by atoms with Gasteiger partial charge in [0.05, 0.1) is 0 Å². The second-order valence-electron chi connectivity index (χ2n) is 6.63. The number of unbranched alkanes of at least 4 members (excludes halogenated alkanes) is 3. The molecule has 0 saturated carbocycles. The molecule has 0 unspecified atom stereocenters. The fourth-order valence-electron chi connectivity index (χ4n) is 2.61. The average Bonchev–Trinajstić information content (AvgIpc) is 2.89. The largest absolute Gasteiger partial charge is 0.329 e. The van der Waals surface area contributed by atoms with Crippen LogP contribution in [0.4, 0.5) is 0 Å². The predicted octanol–water partition coefficient (Wildman–Crippen LogP) is 3.14. The molecule has 2 aromatic rings. The van der Waals surface area contributed by atoms with Crippen LogP contribution in [0.2, 0.25) is 0 Å². The van der Waals surface area contributed by atoms with Gasteiger partial charge in [0.1, 0.15) is 0 Å². The summed E-state index contributed by atoms with van der Waals surface area (Å²) in [5, 5.41) is 0.842. The van der Waals surface area contributed by atoms with E-state index in [0.29, 0.717) is 17.1 Å². The molecule has 0 aliphatic heterocycles. The molecule has 0 aliphatic carbocycles. The van der Waals surface area contributed by atoms with Gasteiger partial charge in [-0.3, -0.25) is 14.3 Å². The molecule has 7 heteroatoms. The maximum absolute atomic E-state index is 12.3. The zero-order chi connectivity index (χ0) is 17.7. The van der Waals surface area contributed by atoms with Crippen LogP contribution in [0, 0.1) is 5.92 Å². The number of rotatable bonds is 9. The molecule has 0 atom stereocenters. The molecule has 0 fully saturated rings. The highest BCUT2D eigenvalue weighted by molar-refractivity contribution is 7.99. The normalized spacial score (nSPS) is 11.7. The Morgan fingerprint density at radius 3 is 2.62 bits per heavy atom. The molecule has 0 amide bonds. The minimum atomic E-state index is -0.416. The molecule has 134 valence electrons. The number of nitrogens with zero attached hydrogens (tertiary/aromatic N) is 3. The number of thioether (sulfide) groups is 1. The van der Waals surface area contributed by atoms with Crippen molar-refractivity contribution in [3.8, 4) is 0 Å². The highest BCUT2D eigenvalue weighted by atomic mass is 32.2. The molecule has 6 nitrogen and oxygen atoms in total. The number of nitrogens with one attached hydrogen (secondary N) is 1. The molecule has 0 spiro atoms. The maximum Gasteiger partial charge on any atom is 0.329 e. The zero-order valence-electron chi connectivity index (χ0n) is 15.1. The van der Waals surface area contributed by atoms with E-state index in [2.05, 4.69) is 30.7 Å². The summed E-state index contributed by atoms with van der Waals surface area (Å²) in [7, 11) is 1.65. The molecular weight excluding hydrogens is 324 g/mol. The Labute approximate surface area is 146 Å². The van der Waals surface area contributed by atoms with E-state index in [1.165, 1.54) is 23.8 Å². The number of hydrogen-bond acceptors (Lipinski definition) is 4. The Bertz CT molecular complexity index is 788. The van der Waals surface area contributed by atoms with Crippen LogP contribution in [-0.4, -0.2) is 24.9 Å². The number of H-pyrrole nitrogens is 1. The molecule has 2 rings (SSSR count). The van der Waals surface area contributed by atoms with E-state index in [4.69, 9.17) is 0 Å². The summed E-state index contributed by atoms with van der Waals surface area (Å²) in [4.78, 5) is 31.1. The summed E-state index contributed by atoms with van der Waals surface area (Å²) in [5.41, 5.74) is 0.222. The van der Waals surface area contributed by atoms with Gasteiger partial charge in [0.25, 0.3) is 5.56 Å². The average molecular weight is 353 g/mol. The number of aromatic amines is 1. The number of aryl methyl sites for hydroxylation is 2. The van der Waals surface area contributed by atoms with Crippen LogP contribution in [0.1, 0.15) is 52.9 Å². The van der Waals surface area contributed by atoms with Crippen molar-refractivity contribution in [2.45, 2.75) is 64.6 Å². The SMILES string of the molecule is CCCCCCSc1nc2c(c(=O)[nH]c(=O)n2C)n1CCC(C)C. The summed E-state index contributed by atoms with van der Waals surface area (Å²) in [5.74, 6) is 1.52. The van der Waals surface area contributed by atoms with Crippen molar-refractivity contribution in [1.82, 2.24) is 19.1 Å². The number of imidazole rings is 1. The monoisotopic (exact) mass is 352 g/mol. The van der Waals surface area contributed by atoms with Crippen LogP contribution in [0.3, 0.4) is 0 Å². The first-order valence-electron chi connectivity index (χ1n) is 8.78. The van der Waals surface area contributed by atoms with Gasteiger partial charge in [-0.05, 0) is 18.8 Å². The third-order valence-electron chi connectivity index (χ3n) is 4.13. The van der Waals surface area contributed by atoms with Gasteiger partial charge in [-0.1, -0.05) is 51.8 Å². The van der Waals surface area contributed by atoms with Crippen molar-refractivity contribution in [1.29, 1.82) is 0 Å². The summed E-state index contributed by atoms with van der Waals surface area (Å²) >= 11 is 1.68. The Morgan fingerprint density at radius 1 is 1.21 bits per heavy atom. The molecule has 0 saturated heterocycles. The first-order valence-corrected chi connectivity index (χ1v) is 9.76. The van der Waals surface area contributed by atoms with Crippen molar-refractivity contribution in [3.63, 3.8) is 0 Å². The van der Waals surface area contributed by atoms with Gasteiger partial charge < -0.3 is 4.57 Å². The molecule has 2 heterocycles. The first kappa shape index (κ1) is 18.8. The number of hydrogen-bond donors (Lipinski definition) is 1. The van der Waals surface area contributed by atoms with Crippen LogP contribution in [-0.2, 0) is 13.6 Å². The standard InChI is InChI=1S/C17H28N4O2S/c1-5-6-7-8-11-24-17-18-14-13(21(17)10-9-12(2)3)15(22)19-16(23)20(14)4/h12H,5-11H2,1-4H3,(H,19,22,23). The van der Waals surface area contributed by atoms with E-state index in [1.54, 1.807) is 18.8 Å². The van der Waals surface area contributed by atoms with Crippen LogP contribution in [0.5, 0.6) is 0 Å². The molecule has 0 radical (unpaired) electrons. The summed E-state index contributed by atoms with van der Waals surface area (Å²) < 4.78 is 3.40. The van der Waals surface area contributed by atoms with Crippen molar-refractivity contribution in [2.75, 3.05) is 5.75 Å². The molecule has 1 N–H and O–H groups in total. The molecule has 24 heavy (non-hydrogen) atoms. The van der Waals surface area contributed by atoms with Crippen molar-refractivity contribution < 1.29 is 0 Å². The van der Waals surface area contributed by atoms with Gasteiger partial charge in [0, 0.05) is 19.3 Å². The fraction of sp³-hybridized carbons (Fsp3) is 0.706. The molecule has 2 aromatic heterocycles. The smallest absolute Gasteiger partial charge is 0.313 e. The lowest BCUT2D eigenvalue weighted by Gasteiger charge is -2.10. The Kier molecular flexibility index (Phi) is 6.71. The second-order valence-corrected chi connectivity index (χ2v) is 7.69. The number of aromatic nitrogens is 4. The summed E-state index contributed by atoms with van der Waals surface area (Å²) in [6.45, 7) is 7.27. The second kappa shape index (κ2) is 8.55. The molecule has 0 aromatic carbocycles. The highest BCUT2D eigenvalue weighted by Gasteiger charge is 2.17. The Balaban J connectivity index is 2.35. The molecule has 0 aliphatic rings. The van der Waals surface area contributed by atoms with Gasteiger partial charge in [-0.15, -0.1) is 0 Å². The predicted molar refractivity (Wildman–Crippen MR) is 99.9 cm³/mol. The van der Waals surface area contributed by atoms with Crippen molar-refractivity contribution in [3.05, 3.63) is 20.8 Å². The van der Waals surface area contributed by atoms with Crippen molar-refractivity contribution >= 4 is 22.9 Å². The van der Waals surface area contributed by atoms with Gasteiger partial charge >= 0.3 is 5.69 Å². The topological polar surface area (TPSA) is 72.7 Å². The lowest BCUT2D eigenvalue weighted by Crippen LogP contribution is -2.29. The maximum atomic E-state index is 12.3. The van der Waals surface area contributed by atoms with Crippen LogP contribution >= 0.6 is 11.8 Å². The quantitative estimate of drug-likeness (QED) is 0.556. The first-order chi connectivity index (χ1) is 11.5. The van der Waals surface area contributed by atoms with E-state index >= 15 is 0 Å². The van der Waals surface area contributed by atoms with Crippen LogP contribution in [0.15, 0.2) is 14.7 Å². The Hall–Kier alpha value is -1.50. The lowest BCUT2D eigenvalue weighted by atomic mass is 10.1. The van der Waals surface area contributed by atoms with E-state index in [9.17, 15) is 9.59 Å². The van der Waals surface area contributed by atoms with Gasteiger partial charge in [-0.25, -0.2) is 9.78 Å². The Morgan fingerprint density at radius 2 is 1.96 bits per heavy atom. The summed E-state index contributed by atoms with van der Waals surface area (Å²) in [6, 6.07) is 0. The minimum Gasteiger partial charge on any atom is -0.313 e. The van der Waals surface area contributed by atoms with Crippen molar-refractivity contribution in [2.24, 2.45) is 13.0 Å². The summed E-state index contributed by atoms with van der Waals surface area (Å²) in [6.07, 6.45) is 5.79. The third-order valence-corrected chi connectivity index (χ3v) is 5.19. The third kappa shape index (κ3) is 4.32. The van der Waals surface area contributed by atoms with Gasteiger partial charge in [0.2, 0.25) is 0 Å². The van der Waals surface area contributed by atoms with E-state index in [-0.39, 0.29) is 5.56 Å². The van der Waals surface area contributed by atoms with E-state index < -0.39 is 5.69 Å². The number of fused-ring (bicyclic) bond motifs is 1. The van der Waals surface area contributed by atoms with Crippen LogP contribution < -0.4 is 11.2 Å². The minimum absolute atomic E-state index is 0.345. The van der Waals surface area contributed by atoms with Gasteiger partial charge in [0.15, 0.2) is 16.3 Å². The molecule has 0 bridgehead atoms. The zero-order valence-corrected chi connectivity index (χ0v) is 15.9. The highest BCUT2D eigenvalue weighted by Crippen LogP contribution is 2.23. The molecular formula is C17H28N4O2S. The lowest BCUT2D eigenvalue weighted by molar-refractivity contribution is 0.503. The van der Waals surface area contributed by atoms with Crippen LogP contribution in [0.25, 0.3) is 11.2 Å². The van der Waals surface area contributed by atoms with E-state index in [0.717, 1.165) is 30.3 Å². The fourth-order valence-corrected chi connectivity index (χ4v) is 3.63. The van der Waals surface area contributed by atoms with Gasteiger partial charge in [-0.2, -0.15) is 0 Å². The van der Waals surface area contributed by atoms with E-state index in [1.807, 2.05) is 4.57 Å².